The van der Waals surface area contributed by atoms with Crippen LogP contribution >= 0.6 is 0 Å². The number of nitrogens with two attached hydrogens (primary N) is 1. The molecule has 4 nitrogen and oxygen atoms in total. The molecule has 0 amide bonds. The van der Waals surface area contributed by atoms with Gasteiger partial charge in [-0.25, -0.2) is 0 Å². The molecule has 1 fully saturated rings. The van der Waals surface area contributed by atoms with Crippen LogP contribution in [0.3, 0.4) is 0 Å². The highest BCUT2D eigenvalue weighted by Gasteiger charge is 2.37. The van der Waals surface area contributed by atoms with E-state index in [1.807, 2.05) is 18.2 Å². The van der Waals surface area contributed by atoms with Crippen molar-refractivity contribution in [2.75, 3.05) is 26.2 Å². The summed E-state index contributed by atoms with van der Waals surface area (Å²) in [6.07, 6.45) is 7.17. The number of hydrogen-bond acceptors (Lipinski definition) is 4. The molecule has 0 spiro atoms. The van der Waals surface area contributed by atoms with Crippen molar-refractivity contribution >= 4 is 0 Å². The Morgan fingerprint density at radius 1 is 1.15 bits per heavy atom. The van der Waals surface area contributed by atoms with Crippen LogP contribution in [0, 0.1) is 0 Å². The molecule has 1 unspecified atom stereocenters. The zero-order valence-electron chi connectivity index (χ0n) is 11.5. The Kier molecular flexibility index (Phi) is 3.51. The monoisotopic (exact) mass is 271 g/mol. The van der Waals surface area contributed by atoms with Crippen molar-refractivity contribution in [1.82, 2.24) is 10.2 Å². The Morgan fingerprint density at radius 2 is 1.85 bits per heavy atom. The fourth-order valence-corrected chi connectivity index (χ4v) is 3.09. The number of allylic oxidation sites excluding steroid dienone is 1. The lowest BCUT2D eigenvalue weighted by Crippen LogP contribution is -2.54. The summed E-state index contributed by atoms with van der Waals surface area (Å²) in [5.74, 6) is 0.305. The number of piperazine rings is 1. The van der Waals surface area contributed by atoms with Crippen LogP contribution in [0.1, 0.15) is 12.0 Å². The molecule has 1 heterocycles. The van der Waals surface area contributed by atoms with E-state index in [0.29, 0.717) is 5.75 Å². The first-order valence-corrected chi connectivity index (χ1v) is 7.11. The standard InChI is InChI=1S/C16H21N3O/c17-14-5-7-16(8-6-14,19-11-9-18-10-12-19)13-1-3-15(20)4-2-13/h1-7,18,20H,8-12,17H2. The van der Waals surface area contributed by atoms with Crippen LogP contribution in [0.4, 0.5) is 0 Å². The van der Waals surface area contributed by atoms with Gasteiger partial charge in [0, 0.05) is 31.9 Å². The highest BCUT2D eigenvalue weighted by atomic mass is 16.3. The van der Waals surface area contributed by atoms with E-state index in [-0.39, 0.29) is 5.54 Å². The molecular formula is C16H21N3O. The van der Waals surface area contributed by atoms with E-state index >= 15 is 0 Å². The van der Waals surface area contributed by atoms with Gasteiger partial charge in [0.1, 0.15) is 5.75 Å². The topological polar surface area (TPSA) is 61.5 Å². The molecule has 1 saturated heterocycles. The Hall–Kier alpha value is -1.78. The Morgan fingerprint density at radius 3 is 2.45 bits per heavy atom. The van der Waals surface area contributed by atoms with Gasteiger partial charge in [-0.3, -0.25) is 4.90 Å². The van der Waals surface area contributed by atoms with E-state index in [2.05, 4.69) is 22.4 Å². The summed E-state index contributed by atoms with van der Waals surface area (Å²) in [5, 5.41) is 12.9. The van der Waals surface area contributed by atoms with Gasteiger partial charge in [0.25, 0.3) is 0 Å². The number of nitrogens with one attached hydrogen (secondary N) is 1. The molecule has 106 valence electrons. The summed E-state index contributed by atoms with van der Waals surface area (Å²) in [5.41, 5.74) is 7.78. The van der Waals surface area contributed by atoms with Crippen LogP contribution in [0.25, 0.3) is 0 Å². The van der Waals surface area contributed by atoms with E-state index < -0.39 is 0 Å². The van der Waals surface area contributed by atoms with Gasteiger partial charge in [-0.05, 0) is 30.2 Å². The van der Waals surface area contributed by atoms with Crippen LogP contribution in [0.15, 0.2) is 48.2 Å². The number of hydrogen-bond donors (Lipinski definition) is 3. The first-order valence-electron chi connectivity index (χ1n) is 7.11. The van der Waals surface area contributed by atoms with Crippen LogP contribution in [0.2, 0.25) is 0 Å². The van der Waals surface area contributed by atoms with Gasteiger partial charge in [0.05, 0.1) is 5.54 Å². The maximum absolute atomic E-state index is 9.52. The van der Waals surface area contributed by atoms with Gasteiger partial charge < -0.3 is 16.2 Å². The van der Waals surface area contributed by atoms with Crippen molar-refractivity contribution in [2.45, 2.75) is 12.0 Å². The molecule has 1 atom stereocenters. The average Bonchev–Trinajstić information content (AvgIpc) is 2.50. The molecule has 1 aromatic carbocycles. The smallest absolute Gasteiger partial charge is 0.115 e. The fraction of sp³-hybridized carbons (Fsp3) is 0.375. The molecule has 4 N–H and O–H groups in total. The molecule has 20 heavy (non-hydrogen) atoms. The van der Waals surface area contributed by atoms with Gasteiger partial charge in [-0.1, -0.05) is 24.3 Å². The van der Waals surface area contributed by atoms with E-state index in [4.69, 9.17) is 5.73 Å². The van der Waals surface area contributed by atoms with Gasteiger partial charge in [0.15, 0.2) is 0 Å². The lowest BCUT2D eigenvalue weighted by atomic mass is 9.81. The SMILES string of the molecule is NC1=CCC(c2ccc(O)cc2)(N2CCNCC2)C=C1. The van der Waals surface area contributed by atoms with Crippen molar-refractivity contribution in [2.24, 2.45) is 5.73 Å². The van der Waals surface area contributed by atoms with Crippen molar-refractivity contribution in [3.05, 3.63) is 53.8 Å². The second-order valence-electron chi connectivity index (χ2n) is 5.45. The number of aromatic hydroxyl groups is 1. The largest absolute Gasteiger partial charge is 0.508 e. The van der Waals surface area contributed by atoms with E-state index in [1.165, 1.54) is 5.56 Å². The summed E-state index contributed by atoms with van der Waals surface area (Å²) in [7, 11) is 0. The minimum absolute atomic E-state index is 0.140. The van der Waals surface area contributed by atoms with E-state index in [9.17, 15) is 5.11 Å². The van der Waals surface area contributed by atoms with Crippen molar-refractivity contribution in [3.8, 4) is 5.75 Å². The Bertz CT molecular complexity index is 529. The van der Waals surface area contributed by atoms with Gasteiger partial charge in [-0.15, -0.1) is 0 Å². The lowest BCUT2D eigenvalue weighted by molar-refractivity contribution is 0.112. The zero-order valence-corrected chi connectivity index (χ0v) is 11.5. The first kappa shape index (κ1) is 13.2. The Balaban J connectivity index is 1.99. The maximum atomic E-state index is 9.52. The van der Waals surface area contributed by atoms with Crippen molar-refractivity contribution in [1.29, 1.82) is 0 Å². The van der Waals surface area contributed by atoms with Crippen LogP contribution in [-0.2, 0) is 5.54 Å². The number of rotatable bonds is 2. The molecule has 3 rings (SSSR count). The van der Waals surface area contributed by atoms with E-state index in [0.717, 1.165) is 38.3 Å². The summed E-state index contributed by atoms with van der Waals surface area (Å²) in [6, 6.07) is 7.54. The number of nitrogens with zero attached hydrogens (tertiary/aromatic N) is 1. The Labute approximate surface area is 119 Å². The number of benzene rings is 1. The van der Waals surface area contributed by atoms with Crippen LogP contribution < -0.4 is 11.1 Å². The van der Waals surface area contributed by atoms with Gasteiger partial charge >= 0.3 is 0 Å². The van der Waals surface area contributed by atoms with Gasteiger partial charge in [0.2, 0.25) is 0 Å². The van der Waals surface area contributed by atoms with Crippen LogP contribution in [-0.4, -0.2) is 36.2 Å². The molecule has 0 saturated carbocycles. The molecule has 1 aliphatic heterocycles. The molecule has 0 radical (unpaired) electrons. The van der Waals surface area contributed by atoms with Crippen molar-refractivity contribution < 1.29 is 5.11 Å². The molecule has 2 aliphatic rings. The fourth-order valence-electron chi connectivity index (χ4n) is 3.09. The highest BCUT2D eigenvalue weighted by Crippen LogP contribution is 2.37. The maximum Gasteiger partial charge on any atom is 0.115 e. The molecule has 4 heteroatoms. The highest BCUT2D eigenvalue weighted by molar-refractivity contribution is 5.39. The predicted molar refractivity (Wildman–Crippen MR) is 80.3 cm³/mol. The third-order valence-corrected chi connectivity index (χ3v) is 4.25. The van der Waals surface area contributed by atoms with Crippen molar-refractivity contribution in [3.63, 3.8) is 0 Å². The quantitative estimate of drug-likeness (QED) is 0.758. The van der Waals surface area contributed by atoms with E-state index in [1.54, 1.807) is 12.1 Å². The first-order chi connectivity index (χ1) is 9.71. The summed E-state index contributed by atoms with van der Waals surface area (Å²) < 4.78 is 0. The second-order valence-corrected chi connectivity index (χ2v) is 5.45. The average molecular weight is 271 g/mol. The number of phenols is 1. The minimum atomic E-state index is -0.140. The molecule has 1 aliphatic carbocycles. The van der Waals surface area contributed by atoms with Crippen LogP contribution in [0.5, 0.6) is 5.75 Å². The molecule has 1 aromatic rings. The van der Waals surface area contributed by atoms with Gasteiger partial charge in [-0.2, -0.15) is 0 Å². The summed E-state index contributed by atoms with van der Waals surface area (Å²) in [4.78, 5) is 2.50. The molecule has 0 bridgehead atoms. The third-order valence-electron chi connectivity index (χ3n) is 4.25. The molecule has 0 aromatic heterocycles. The zero-order chi connectivity index (χ0) is 14.0. The third kappa shape index (κ3) is 2.32. The number of phenolic OH excluding ortho intramolecular Hbond substituents is 1. The predicted octanol–water partition coefficient (Wildman–Crippen LogP) is 1.30. The lowest BCUT2D eigenvalue weighted by Gasteiger charge is -2.45. The molecular weight excluding hydrogens is 250 g/mol. The summed E-state index contributed by atoms with van der Waals surface area (Å²) in [6.45, 7) is 4.04. The summed E-state index contributed by atoms with van der Waals surface area (Å²) >= 11 is 0. The second kappa shape index (κ2) is 5.31. The normalized spacial score (nSPS) is 27.3. The minimum Gasteiger partial charge on any atom is -0.508 e.